The number of carbonyl (C=O) groups is 1. The van der Waals surface area contributed by atoms with Gasteiger partial charge in [-0.15, -0.1) is 10.2 Å². The third-order valence-corrected chi connectivity index (χ3v) is 17.9. The summed E-state index contributed by atoms with van der Waals surface area (Å²) in [5, 5.41) is 20.0. The molecule has 12 atom stereocenters. The molecule has 48 heavy (non-hydrogen) atoms. The van der Waals surface area contributed by atoms with Crippen molar-refractivity contribution in [2.24, 2.45) is 73.9 Å². The van der Waals surface area contributed by atoms with Gasteiger partial charge in [-0.3, -0.25) is 4.79 Å². The van der Waals surface area contributed by atoms with E-state index in [-0.39, 0.29) is 44.5 Å². The maximum atomic E-state index is 15.0. The van der Waals surface area contributed by atoms with Crippen molar-refractivity contribution in [1.82, 2.24) is 10.2 Å². The highest BCUT2D eigenvalue weighted by atomic mass is 16.4. The minimum Gasteiger partial charge on any atom is -0.425 e. The summed E-state index contributed by atoms with van der Waals surface area (Å²) in [7, 11) is 0. The molecule has 6 fully saturated rings. The van der Waals surface area contributed by atoms with E-state index in [1.54, 1.807) is 0 Å². The Morgan fingerprint density at radius 3 is 2.27 bits per heavy atom. The molecule has 1 heterocycles. The molecule has 6 aliphatic carbocycles. The molecule has 1 aromatic rings. The van der Waals surface area contributed by atoms with Crippen LogP contribution in [-0.4, -0.2) is 27.2 Å². The number of aliphatic hydroxyl groups excluding tert-OH is 1. The van der Waals surface area contributed by atoms with E-state index in [0.717, 1.165) is 56.7 Å². The second kappa shape index (κ2) is 11.3. The molecule has 6 aliphatic rings. The van der Waals surface area contributed by atoms with Crippen molar-refractivity contribution >= 4 is 5.78 Å². The maximum absolute atomic E-state index is 15.0. The van der Waals surface area contributed by atoms with Gasteiger partial charge in [0.15, 0.2) is 0 Å². The first-order chi connectivity index (χ1) is 22.3. The second-order valence-corrected chi connectivity index (χ2v) is 20.8. The van der Waals surface area contributed by atoms with Crippen molar-refractivity contribution in [2.75, 3.05) is 0 Å². The molecule has 0 bridgehead atoms. The van der Waals surface area contributed by atoms with E-state index in [4.69, 9.17) is 4.42 Å². The third kappa shape index (κ3) is 4.66. The lowest BCUT2D eigenvalue weighted by atomic mass is 9.32. The molecule has 7 rings (SSSR count). The monoisotopic (exact) mass is 661 g/mol. The average Bonchev–Trinajstić information content (AvgIpc) is 3.62. The van der Waals surface area contributed by atoms with Crippen molar-refractivity contribution in [3.05, 3.63) is 23.9 Å². The second-order valence-electron chi connectivity index (χ2n) is 20.8. The van der Waals surface area contributed by atoms with Crippen LogP contribution in [0.25, 0.3) is 0 Å². The van der Waals surface area contributed by atoms with Gasteiger partial charge in [0.25, 0.3) is 0 Å². The molecule has 0 unspecified atom stereocenters. The number of aromatic nitrogens is 2. The molecule has 1 aromatic heterocycles. The van der Waals surface area contributed by atoms with E-state index < -0.39 is 0 Å². The van der Waals surface area contributed by atoms with Gasteiger partial charge in [-0.05, 0) is 146 Å². The lowest BCUT2D eigenvalue weighted by Gasteiger charge is -2.73. The summed E-state index contributed by atoms with van der Waals surface area (Å²) in [5.41, 5.74) is 1.82. The Morgan fingerprint density at radius 2 is 1.60 bits per heavy atom. The van der Waals surface area contributed by atoms with Gasteiger partial charge in [-0.2, -0.15) is 0 Å². The zero-order valence-corrected chi connectivity index (χ0v) is 32.3. The highest BCUT2D eigenvalue weighted by molar-refractivity contribution is 5.86. The summed E-state index contributed by atoms with van der Waals surface area (Å²) in [5.74, 6) is 5.86. The van der Waals surface area contributed by atoms with Gasteiger partial charge in [0.2, 0.25) is 11.8 Å². The smallest absolute Gasteiger partial charge is 0.220 e. The Balaban J connectivity index is 1.15. The van der Waals surface area contributed by atoms with Gasteiger partial charge in [0.1, 0.15) is 5.78 Å². The van der Waals surface area contributed by atoms with Gasteiger partial charge in [-0.1, -0.05) is 74.5 Å². The third-order valence-electron chi connectivity index (χ3n) is 17.9. The predicted molar refractivity (Wildman–Crippen MR) is 192 cm³/mol. The number of ketones is 1. The van der Waals surface area contributed by atoms with Crippen LogP contribution in [0.3, 0.4) is 0 Å². The Morgan fingerprint density at radius 1 is 0.875 bits per heavy atom. The number of aliphatic hydroxyl groups is 1. The minimum atomic E-state index is -0.203. The van der Waals surface area contributed by atoms with Crippen LogP contribution in [0.5, 0.6) is 0 Å². The fraction of sp³-hybridized carbons (Fsp3) is 0.884. The zero-order chi connectivity index (χ0) is 34.8. The number of fused-ring (bicyclic) bond motifs is 7. The molecule has 6 saturated carbocycles. The number of allylic oxidation sites excluding steroid dienone is 1. The summed E-state index contributed by atoms with van der Waals surface area (Å²) in [6.07, 6.45) is 13.8. The number of nitrogens with zero attached hydrogens (tertiary/aromatic N) is 2. The van der Waals surface area contributed by atoms with Crippen LogP contribution < -0.4 is 0 Å². The molecular weight excluding hydrogens is 592 g/mol. The van der Waals surface area contributed by atoms with Gasteiger partial charge in [0, 0.05) is 24.2 Å². The maximum Gasteiger partial charge on any atom is 0.220 e. The largest absolute Gasteiger partial charge is 0.425 e. The van der Waals surface area contributed by atoms with Crippen LogP contribution in [-0.2, 0) is 11.2 Å². The van der Waals surface area contributed by atoms with E-state index in [1.807, 2.05) is 0 Å². The number of rotatable bonds is 7. The van der Waals surface area contributed by atoms with Crippen molar-refractivity contribution in [1.29, 1.82) is 0 Å². The van der Waals surface area contributed by atoms with E-state index in [2.05, 4.69) is 86.0 Å². The van der Waals surface area contributed by atoms with Gasteiger partial charge in [0.05, 0.1) is 6.10 Å². The van der Waals surface area contributed by atoms with E-state index >= 15 is 4.79 Å². The number of Topliss-reactive ketones (excluding diaryl/α,β-unsaturated/α-hetero) is 1. The van der Waals surface area contributed by atoms with Crippen molar-refractivity contribution in [3.63, 3.8) is 0 Å². The van der Waals surface area contributed by atoms with Gasteiger partial charge in [-0.25, -0.2) is 0 Å². The molecule has 0 saturated heterocycles. The fourth-order valence-corrected chi connectivity index (χ4v) is 14.7. The van der Waals surface area contributed by atoms with Crippen LogP contribution in [0.15, 0.2) is 16.6 Å². The van der Waals surface area contributed by atoms with Crippen LogP contribution >= 0.6 is 0 Å². The minimum absolute atomic E-state index is 0.0229. The van der Waals surface area contributed by atoms with Crippen LogP contribution in [0.1, 0.15) is 164 Å². The molecule has 5 heteroatoms. The van der Waals surface area contributed by atoms with E-state index in [1.165, 1.54) is 37.7 Å². The Labute approximate surface area is 292 Å². The predicted octanol–water partition coefficient (Wildman–Crippen LogP) is 10.4. The van der Waals surface area contributed by atoms with Gasteiger partial charge < -0.3 is 9.52 Å². The Bertz CT molecular complexity index is 1440. The summed E-state index contributed by atoms with van der Waals surface area (Å²) < 4.78 is 6.16. The Kier molecular flexibility index (Phi) is 8.19. The van der Waals surface area contributed by atoms with Crippen LogP contribution in [0.2, 0.25) is 0 Å². The summed E-state index contributed by atoms with van der Waals surface area (Å²) >= 11 is 0. The van der Waals surface area contributed by atoms with Crippen LogP contribution in [0, 0.1) is 73.9 Å². The molecule has 0 spiro atoms. The van der Waals surface area contributed by atoms with Crippen molar-refractivity contribution in [3.8, 4) is 0 Å². The zero-order valence-electron chi connectivity index (χ0n) is 32.3. The lowest BCUT2D eigenvalue weighted by Crippen LogP contribution is -2.67. The molecule has 1 N–H and O–H groups in total. The molecule has 0 aromatic carbocycles. The SMILES string of the molecule is C=C(C)[C@@H]1CC[C@]2(C(=O)C[C@@H]3C[C@H](c4nnc(CC(C)C)o4)C3(C)C)CC[C@]3(C)[C@H](CC[C@@H]4[C@@]5(C)CC[C@H](O)C(C)(C)[C@@H]5CC[C@]43C)[C@@H]12. The number of hydrogen-bond donors (Lipinski definition) is 1. The first-order valence-corrected chi connectivity index (χ1v) is 20.0. The average molecular weight is 661 g/mol. The molecule has 268 valence electrons. The summed E-state index contributed by atoms with van der Waals surface area (Å²) in [4.78, 5) is 15.0. The topological polar surface area (TPSA) is 76.2 Å². The summed E-state index contributed by atoms with van der Waals surface area (Å²) in [6, 6.07) is 0. The molecule has 0 amide bonds. The lowest BCUT2D eigenvalue weighted by molar-refractivity contribution is -0.246. The van der Waals surface area contributed by atoms with Crippen molar-refractivity contribution in [2.45, 2.75) is 165 Å². The van der Waals surface area contributed by atoms with E-state index in [0.29, 0.717) is 53.6 Å². The molecular formula is C43H68N2O3. The standard InChI is InChI=1S/C43H68N2O3/c1-25(2)22-35-44-45-37(48-35)30-23-27(38(30,5)6)24-34(47)43-19-14-28(26(3)4)36(43)29-12-13-32-40(9)17-16-33(46)39(7,8)31(40)15-18-42(32,11)41(29,10)20-21-43/h25,27-33,36,46H,3,12-24H2,1-2,4-11H3/t27-,28-,29+,30+,31-,32+,33-,36+,40-,41+,42+,43+/m0/s1. The molecule has 0 aliphatic heterocycles. The first-order valence-electron chi connectivity index (χ1n) is 20.0. The first kappa shape index (κ1) is 34.9. The quantitative estimate of drug-likeness (QED) is 0.295. The number of hydrogen-bond acceptors (Lipinski definition) is 5. The highest BCUT2D eigenvalue weighted by Crippen LogP contribution is 2.78. The summed E-state index contributed by atoms with van der Waals surface area (Å²) in [6.45, 7) is 28.5. The fourth-order valence-electron chi connectivity index (χ4n) is 14.7. The molecule has 0 radical (unpaired) electrons. The van der Waals surface area contributed by atoms with E-state index in [9.17, 15) is 5.11 Å². The van der Waals surface area contributed by atoms with Gasteiger partial charge >= 0.3 is 0 Å². The highest BCUT2D eigenvalue weighted by Gasteiger charge is 2.72. The molecule has 5 nitrogen and oxygen atoms in total. The van der Waals surface area contributed by atoms with Crippen molar-refractivity contribution < 1.29 is 14.3 Å². The number of carbonyl (C=O) groups excluding carboxylic acids is 1. The normalized spacial score (nSPS) is 47.3. The van der Waals surface area contributed by atoms with Crippen LogP contribution in [0.4, 0.5) is 0 Å². The Hall–Kier alpha value is -1.49.